The average Bonchev–Trinajstić information content (AvgIpc) is 2.95. The van der Waals surface area contributed by atoms with Crippen molar-refractivity contribution in [3.63, 3.8) is 0 Å². The minimum Gasteiger partial charge on any atom is -0.508 e. The summed E-state index contributed by atoms with van der Waals surface area (Å²) in [4.78, 5) is 25.1. The van der Waals surface area contributed by atoms with Crippen LogP contribution in [0.15, 0.2) is 72.8 Å². The fraction of sp³-hybridized carbons (Fsp3) is 0.353. The van der Waals surface area contributed by atoms with Gasteiger partial charge in [0.2, 0.25) is 0 Å². The Labute approximate surface area is 237 Å². The quantitative estimate of drug-likeness (QED) is 0.0583. The summed E-state index contributed by atoms with van der Waals surface area (Å²) in [6.45, 7) is 2.52. The van der Waals surface area contributed by atoms with E-state index in [1.165, 1.54) is 56.7 Å². The summed E-state index contributed by atoms with van der Waals surface area (Å²) in [5, 5.41) is 19.5. The lowest BCUT2D eigenvalue weighted by molar-refractivity contribution is -0.134. The van der Waals surface area contributed by atoms with Gasteiger partial charge in [-0.05, 0) is 48.4 Å². The number of hydrogen-bond donors (Lipinski definition) is 2. The number of carbonyl (C=O) groups excluding carboxylic acids is 2. The second-order valence-electron chi connectivity index (χ2n) is 9.93. The molecule has 0 saturated carbocycles. The van der Waals surface area contributed by atoms with Crippen molar-refractivity contribution in [1.82, 2.24) is 0 Å². The molecule has 0 fully saturated rings. The highest BCUT2D eigenvalue weighted by Crippen LogP contribution is 2.29. The molecular weight excluding hydrogens is 504 g/mol. The molecule has 3 aromatic rings. The van der Waals surface area contributed by atoms with Crippen LogP contribution in [0.4, 0.5) is 0 Å². The van der Waals surface area contributed by atoms with E-state index in [0.29, 0.717) is 30.1 Å². The fourth-order valence-corrected chi connectivity index (χ4v) is 4.32. The van der Waals surface area contributed by atoms with Gasteiger partial charge in [-0.1, -0.05) is 88.6 Å². The van der Waals surface area contributed by atoms with Gasteiger partial charge < -0.3 is 19.7 Å². The molecule has 0 bridgehead atoms. The van der Waals surface area contributed by atoms with Crippen molar-refractivity contribution < 1.29 is 29.3 Å². The summed E-state index contributed by atoms with van der Waals surface area (Å²) < 4.78 is 11.6. The third-order valence-corrected chi connectivity index (χ3v) is 6.60. The molecule has 212 valence electrons. The smallest absolute Gasteiger partial charge is 0.311 e. The summed E-state index contributed by atoms with van der Waals surface area (Å²) in [5.74, 6) is -0.303. The first-order valence-electron chi connectivity index (χ1n) is 14.2. The van der Waals surface area contributed by atoms with Crippen LogP contribution in [-0.2, 0) is 11.4 Å². The number of rotatable bonds is 17. The van der Waals surface area contributed by atoms with Crippen LogP contribution in [0.25, 0.3) is 6.08 Å². The second-order valence-corrected chi connectivity index (χ2v) is 9.93. The molecule has 3 aromatic carbocycles. The van der Waals surface area contributed by atoms with Crippen LogP contribution in [0, 0.1) is 0 Å². The van der Waals surface area contributed by atoms with Crippen molar-refractivity contribution in [3.05, 3.63) is 89.5 Å². The first kappa shape index (κ1) is 30.5. The molecule has 0 saturated heterocycles. The molecule has 0 radical (unpaired) electrons. The number of esters is 1. The molecule has 0 unspecified atom stereocenters. The molecule has 0 aliphatic rings. The topological polar surface area (TPSA) is 93.1 Å². The first-order chi connectivity index (χ1) is 19.5. The SMILES string of the molecule is CCCCCCCCCCCC(=O)Oc1ccc(C=CC(=O)c2ccc(O)cc2O)c(OCc2ccccc2)c1. The summed E-state index contributed by atoms with van der Waals surface area (Å²) in [7, 11) is 0. The number of unbranched alkanes of at least 4 members (excludes halogenated alkanes) is 8. The lowest BCUT2D eigenvalue weighted by Gasteiger charge is -2.12. The maximum absolute atomic E-state index is 12.6. The van der Waals surface area contributed by atoms with Crippen molar-refractivity contribution in [2.24, 2.45) is 0 Å². The molecule has 6 heteroatoms. The van der Waals surface area contributed by atoms with Crippen LogP contribution in [0.3, 0.4) is 0 Å². The zero-order valence-electron chi connectivity index (χ0n) is 23.3. The molecule has 0 heterocycles. The molecule has 0 aliphatic carbocycles. The maximum Gasteiger partial charge on any atom is 0.311 e. The van der Waals surface area contributed by atoms with Gasteiger partial charge in [-0.15, -0.1) is 0 Å². The van der Waals surface area contributed by atoms with Crippen LogP contribution in [0.2, 0.25) is 0 Å². The highest BCUT2D eigenvalue weighted by molar-refractivity contribution is 6.08. The van der Waals surface area contributed by atoms with Gasteiger partial charge in [-0.3, -0.25) is 9.59 Å². The molecular formula is C34H40O6. The van der Waals surface area contributed by atoms with E-state index in [2.05, 4.69) is 6.92 Å². The number of benzene rings is 3. The lowest BCUT2D eigenvalue weighted by Crippen LogP contribution is -2.08. The molecule has 2 N–H and O–H groups in total. The van der Waals surface area contributed by atoms with Crippen molar-refractivity contribution in [2.75, 3.05) is 0 Å². The van der Waals surface area contributed by atoms with Crippen molar-refractivity contribution in [3.8, 4) is 23.0 Å². The van der Waals surface area contributed by atoms with Crippen LogP contribution in [0.1, 0.15) is 92.6 Å². The zero-order valence-corrected chi connectivity index (χ0v) is 23.3. The zero-order chi connectivity index (χ0) is 28.6. The summed E-state index contributed by atoms with van der Waals surface area (Å²) >= 11 is 0. The van der Waals surface area contributed by atoms with Crippen molar-refractivity contribution in [2.45, 2.75) is 77.7 Å². The van der Waals surface area contributed by atoms with Crippen LogP contribution < -0.4 is 9.47 Å². The van der Waals surface area contributed by atoms with Crippen molar-refractivity contribution in [1.29, 1.82) is 0 Å². The predicted octanol–water partition coefficient (Wildman–Crippen LogP) is 8.40. The number of carbonyl (C=O) groups is 2. The Morgan fingerprint density at radius 1 is 0.800 bits per heavy atom. The van der Waals surface area contributed by atoms with Gasteiger partial charge in [0, 0.05) is 24.1 Å². The number of phenolic OH excluding ortho intramolecular Hbond substituents is 2. The normalized spacial score (nSPS) is 11.0. The molecule has 0 amide bonds. The standard InChI is InChI=1S/C34H40O6/c1-2-3-4-5-6-7-8-9-13-16-34(38)40-29-20-17-27(33(24-29)39-25-26-14-11-10-12-15-26)18-22-31(36)30-21-19-28(35)23-32(30)37/h10-12,14-15,17-24,35,37H,2-9,13,16,25H2,1H3. The Morgan fingerprint density at radius 2 is 1.50 bits per heavy atom. The highest BCUT2D eigenvalue weighted by atomic mass is 16.5. The molecule has 40 heavy (non-hydrogen) atoms. The number of hydrogen-bond acceptors (Lipinski definition) is 6. The van der Waals surface area contributed by atoms with E-state index in [-0.39, 0.29) is 23.0 Å². The van der Waals surface area contributed by atoms with Gasteiger partial charge in [0.25, 0.3) is 0 Å². The molecule has 3 rings (SSSR count). The molecule has 6 nitrogen and oxygen atoms in total. The minimum atomic E-state index is -0.428. The molecule has 0 spiro atoms. The van der Waals surface area contributed by atoms with E-state index in [1.54, 1.807) is 24.3 Å². The van der Waals surface area contributed by atoms with Gasteiger partial charge in [-0.2, -0.15) is 0 Å². The summed E-state index contributed by atoms with van der Waals surface area (Å²) in [5.41, 5.74) is 1.65. The number of allylic oxidation sites excluding steroid dienone is 1. The van der Waals surface area contributed by atoms with Crippen LogP contribution >= 0.6 is 0 Å². The Morgan fingerprint density at radius 3 is 2.20 bits per heavy atom. The Bertz CT molecular complexity index is 1250. The first-order valence-corrected chi connectivity index (χ1v) is 14.2. The number of phenols is 2. The van der Waals surface area contributed by atoms with E-state index >= 15 is 0 Å². The molecule has 0 atom stereocenters. The average molecular weight is 545 g/mol. The predicted molar refractivity (Wildman–Crippen MR) is 158 cm³/mol. The van der Waals surface area contributed by atoms with Crippen LogP contribution in [0.5, 0.6) is 23.0 Å². The lowest BCUT2D eigenvalue weighted by atomic mass is 10.1. The van der Waals surface area contributed by atoms with Gasteiger partial charge >= 0.3 is 5.97 Å². The third kappa shape index (κ3) is 10.6. The Kier molecular flexibility index (Phi) is 12.8. The van der Waals surface area contributed by atoms with E-state index in [9.17, 15) is 19.8 Å². The second kappa shape index (κ2) is 16.8. The van der Waals surface area contributed by atoms with Crippen molar-refractivity contribution >= 4 is 17.8 Å². The van der Waals surface area contributed by atoms with E-state index < -0.39 is 5.78 Å². The largest absolute Gasteiger partial charge is 0.508 e. The van der Waals surface area contributed by atoms with Gasteiger partial charge in [-0.25, -0.2) is 0 Å². The highest BCUT2D eigenvalue weighted by Gasteiger charge is 2.12. The Balaban J connectivity index is 1.60. The number of aromatic hydroxyl groups is 2. The number of ketones is 1. The van der Waals surface area contributed by atoms with E-state index in [1.807, 2.05) is 30.3 Å². The fourth-order valence-electron chi connectivity index (χ4n) is 4.32. The van der Waals surface area contributed by atoms with Gasteiger partial charge in [0.05, 0.1) is 5.56 Å². The Hall–Kier alpha value is -4.06. The van der Waals surface area contributed by atoms with Gasteiger partial charge in [0.15, 0.2) is 5.78 Å². The molecule has 0 aromatic heterocycles. The minimum absolute atomic E-state index is 0.0721. The summed E-state index contributed by atoms with van der Waals surface area (Å²) in [6.07, 6.45) is 13.9. The number of ether oxygens (including phenoxy) is 2. The summed E-state index contributed by atoms with van der Waals surface area (Å²) in [6, 6.07) is 18.5. The maximum atomic E-state index is 12.6. The monoisotopic (exact) mass is 544 g/mol. The third-order valence-electron chi connectivity index (χ3n) is 6.60. The van der Waals surface area contributed by atoms with Gasteiger partial charge in [0.1, 0.15) is 29.6 Å². The van der Waals surface area contributed by atoms with Crippen LogP contribution in [-0.4, -0.2) is 22.0 Å². The molecule has 0 aliphatic heterocycles. The van der Waals surface area contributed by atoms with E-state index in [4.69, 9.17) is 9.47 Å². The van der Waals surface area contributed by atoms with E-state index in [0.717, 1.165) is 30.9 Å².